The zero-order valence-corrected chi connectivity index (χ0v) is 14.6. The van der Waals surface area contributed by atoms with Crippen LogP contribution in [0.15, 0.2) is 29.1 Å². The van der Waals surface area contributed by atoms with Crippen LogP contribution < -0.4 is 5.56 Å². The molecule has 1 aliphatic heterocycles. The third-order valence-corrected chi connectivity index (χ3v) is 4.90. The van der Waals surface area contributed by atoms with Crippen LogP contribution in [0.1, 0.15) is 23.3 Å². The van der Waals surface area contributed by atoms with Crippen molar-refractivity contribution in [3.8, 4) is 0 Å². The predicted octanol–water partition coefficient (Wildman–Crippen LogP) is 0.698. The second kappa shape index (κ2) is 7.33. The van der Waals surface area contributed by atoms with Crippen LogP contribution in [0.2, 0.25) is 0 Å². The monoisotopic (exact) mass is 344 g/mol. The Morgan fingerprint density at radius 3 is 2.80 bits per heavy atom. The van der Waals surface area contributed by atoms with Crippen LogP contribution in [0.5, 0.6) is 0 Å². The van der Waals surface area contributed by atoms with E-state index in [4.69, 9.17) is 0 Å². The highest BCUT2D eigenvalue weighted by atomic mass is 16.3. The van der Waals surface area contributed by atoms with Crippen molar-refractivity contribution in [2.24, 2.45) is 5.92 Å². The molecule has 2 aromatic rings. The topological polar surface area (TPSA) is 89.5 Å². The SMILES string of the molecule is CN(C)[C@@H]1CC[C@H](CO)CN(C(=O)c2nc3ccccc3[nH]c2=O)C1. The smallest absolute Gasteiger partial charge is 0.280 e. The fraction of sp³-hybridized carbons (Fsp3) is 0.500. The third-order valence-electron chi connectivity index (χ3n) is 4.90. The highest BCUT2D eigenvalue weighted by Gasteiger charge is 2.30. The van der Waals surface area contributed by atoms with E-state index in [1.807, 2.05) is 26.2 Å². The molecule has 0 spiro atoms. The summed E-state index contributed by atoms with van der Waals surface area (Å²) in [7, 11) is 3.96. The van der Waals surface area contributed by atoms with Crippen molar-refractivity contribution in [3.05, 3.63) is 40.3 Å². The van der Waals surface area contributed by atoms with Gasteiger partial charge in [0, 0.05) is 25.7 Å². The number of H-pyrrole nitrogens is 1. The van der Waals surface area contributed by atoms with E-state index in [1.54, 1.807) is 17.0 Å². The number of hydrogen-bond acceptors (Lipinski definition) is 5. The van der Waals surface area contributed by atoms with Crippen molar-refractivity contribution >= 4 is 16.9 Å². The largest absolute Gasteiger partial charge is 0.396 e. The van der Waals surface area contributed by atoms with Gasteiger partial charge in [0.25, 0.3) is 11.5 Å². The Balaban J connectivity index is 1.94. The fourth-order valence-electron chi connectivity index (χ4n) is 3.31. The molecule has 25 heavy (non-hydrogen) atoms. The number of carbonyl (C=O) groups excluding carboxylic acids is 1. The Kier molecular flexibility index (Phi) is 5.15. The second-order valence-corrected chi connectivity index (χ2v) is 6.89. The lowest BCUT2D eigenvalue weighted by atomic mass is 10.0. The van der Waals surface area contributed by atoms with E-state index in [2.05, 4.69) is 14.9 Å². The van der Waals surface area contributed by atoms with Crippen LogP contribution >= 0.6 is 0 Å². The number of benzene rings is 1. The minimum absolute atomic E-state index is 0.0217. The van der Waals surface area contributed by atoms with Gasteiger partial charge >= 0.3 is 0 Å². The average Bonchev–Trinajstić information content (AvgIpc) is 2.83. The zero-order chi connectivity index (χ0) is 18.0. The van der Waals surface area contributed by atoms with Crippen molar-refractivity contribution < 1.29 is 9.90 Å². The van der Waals surface area contributed by atoms with Crippen molar-refractivity contribution in [1.29, 1.82) is 0 Å². The third kappa shape index (κ3) is 3.72. The van der Waals surface area contributed by atoms with E-state index in [0.717, 1.165) is 12.8 Å². The maximum Gasteiger partial charge on any atom is 0.280 e. The van der Waals surface area contributed by atoms with Crippen LogP contribution in [0, 0.1) is 5.92 Å². The number of likely N-dealkylation sites (N-methyl/N-ethyl adjacent to an activating group) is 1. The standard InChI is InChI=1S/C18H24N4O3/c1-21(2)13-8-7-12(11-23)9-22(10-13)18(25)16-17(24)20-15-6-4-3-5-14(15)19-16/h3-6,12-13,23H,7-11H2,1-2H3,(H,20,24)/t12-,13+/m0/s1. The van der Waals surface area contributed by atoms with Gasteiger partial charge in [0.15, 0.2) is 5.69 Å². The number of amides is 1. The number of fused-ring (bicyclic) bond motifs is 1. The van der Waals surface area contributed by atoms with Crippen molar-refractivity contribution in [2.75, 3.05) is 33.8 Å². The normalized spacial score (nSPS) is 21.5. The van der Waals surface area contributed by atoms with Crippen LogP contribution in [-0.2, 0) is 0 Å². The van der Waals surface area contributed by atoms with Gasteiger partial charge in [-0.2, -0.15) is 0 Å². The number of nitrogens with zero attached hydrogens (tertiary/aromatic N) is 3. The number of aliphatic hydroxyl groups is 1. The molecule has 7 heteroatoms. The van der Waals surface area contributed by atoms with Gasteiger partial charge in [-0.05, 0) is 45.0 Å². The van der Waals surface area contributed by atoms with Gasteiger partial charge in [0.1, 0.15) is 0 Å². The molecule has 1 aromatic heterocycles. The van der Waals surface area contributed by atoms with Crippen LogP contribution in [0.25, 0.3) is 11.0 Å². The first-order valence-electron chi connectivity index (χ1n) is 8.55. The lowest BCUT2D eigenvalue weighted by Crippen LogP contribution is -2.44. The molecule has 0 radical (unpaired) electrons. The number of aliphatic hydroxyl groups excluding tert-OH is 1. The molecule has 2 heterocycles. The molecule has 1 amide bonds. The summed E-state index contributed by atoms with van der Waals surface area (Å²) in [5.41, 5.74) is 0.632. The van der Waals surface area contributed by atoms with E-state index in [0.29, 0.717) is 24.1 Å². The molecular weight excluding hydrogens is 320 g/mol. The summed E-state index contributed by atoms with van der Waals surface area (Å²) in [6.45, 7) is 0.995. The molecule has 1 fully saturated rings. The van der Waals surface area contributed by atoms with Crippen LogP contribution in [0.4, 0.5) is 0 Å². The van der Waals surface area contributed by atoms with Gasteiger partial charge in [0.2, 0.25) is 0 Å². The van der Waals surface area contributed by atoms with Gasteiger partial charge in [-0.1, -0.05) is 12.1 Å². The fourth-order valence-corrected chi connectivity index (χ4v) is 3.31. The van der Waals surface area contributed by atoms with Gasteiger partial charge < -0.3 is 19.9 Å². The predicted molar refractivity (Wildman–Crippen MR) is 95.6 cm³/mol. The van der Waals surface area contributed by atoms with Gasteiger partial charge in [-0.3, -0.25) is 9.59 Å². The summed E-state index contributed by atoms with van der Waals surface area (Å²) in [6, 6.07) is 7.35. The number of hydrogen-bond donors (Lipinski definition) is 2. The molecule has 1 aliphatic rings. The number of nitrogens with one attached hydrogen (secondary N) is 1. The summed E-state index contributed by atoms with van der Waals surface area (Å²) in [6.07, 6.45) is 1.76. The maximum absolute atomic E-state index is 13.0. The second-order valence-electron chi connectivity index (χ2n) is 6.89. The Hall–Kier alpha value is -2.25. The van der Waals surface area contributed by atoms with Gasteiger partial charge in [-0.15, -0.1) is 0 Å². The molecule has 1 aromatic carbocycles. The summed E-state index contributed by atoms with van der Waals surface area (Å²) in [5.74, 6) is -0.354. The molecule has 0 unspecified atom stereocenters. The Morgan fingerprint density at radius 1 is 1.32 bits per heavy atom. The van der Waals surface area contributed by atoms with E-state index in [9.17, 15) is 14.7 Å². The lowest BCUT2D eigenvalue weighted by Gasteiger charge is -2.28. The summed E-state index contributed by atoms with van der Waals surface area (Å²) in [4.78, 5) is 36.1. The maximum atomic E-state index is 13.0. The van der Waals surface area contributed by atoms with Crippen LogP contribution in [-0.4, -0.2) is 70.6 Å². The molecule has 3 rings (SSSR count). The molecule has 134 valence electrons. The first kappa shape index (κ1) is 17.6. The number of rotatable bonds is 3. The lowest BCUT2D eigenvalue weighted by molar-refractivity contribution is 0.0682. The number of carbonyl (C=O) groups is 1. The highest BCUT2D eigenvalue weighted by molar-refractivity contribution is 5.93. The average molecular weight is 344 g/mol. The van der Waals surface area contributed by atoms with Crippen LogP contribution in [0.3, 0.4) is 0 Å². The van der Waals surface area contributed by atoms with E-state index < -0.39 is 5.56 Å². The molecule has 0 bridgehead atoms. The van der Waals surface area contributed by atoms with Crippen molar-refractivity contribution in [2.45, 2.75) is 18.9 Å². The van der Waals surface area contributed by atoms with Crippen molar-refractivity contribution in [1.82, 2.24) is 19.8 Å². The number of aromatic amines is 1. The molecule has 0 aliphatic carbocycles. The quantitative estimate of drug-likeness (QED) is 0.855. The number of aromatic nitrogens is 2. The van der Waals surface area contributed by atoms with E-state index in [1.165, 1.54) is 0 Å². The molecule has 0 saturated carbocycles. The van der Waals surface area contributed by atoms with Gasteiger partial charge in [-0.25, -0.2) is 4.98 Å². The minimum atomic E-state index is -0.477. The Bertz CT molecular complexity index is 817. The molecule has 2 atom stereocenters. The zero-order valence-electron chi connectivity index (χ0n) is 14.6. The molecule has 7 nitrogen and oxygen atoms in total. The summed E-state index contributed by atoms with van der Waals surface area (Å²) >= 11 is 0. The number of para-hydroxylation sites is 2. The number of likely N-dealkylation sites (tertiary alicyclic amines) is 1. The first-order chi connectivity index (χ1) is 12.0. The van der Waals surface area contributed by atoms with E-state index in [-0.39, 0.29) is 30.2 Å². The van der Waals surface area contributed by atoms with Gasteiger partial charge in [0.05, 0.1) is 11.0 Å². The first-order valence-corrected chi connectivity index (χ1v) is 8.55. The minimum Gasteiger partial charge on any atom is -0.396 e. The Labute approximate surface area is 146 Å². The molecule has 1 saturated heterocycles. The Morgan fingerprint density at radius 2 is 2.08 bits per heavy atom. The van der Waals surface area contributed by atoms with E-state index >= 15 is 0 Å². The van der Waals surface area contributed by atoms with Crippen molar-refractivity contribution in [3.63, 3.8) is 0 Å². The molecular formula is C18H24N4O3. The highest BCUT2D eigenvalue weighted by Crippen LogP contribution is 2.20. The molecule has 2 N–H and O–H groups in total. The summed E-state index contributed by atoms with van der Waals surface area (Å²) in [5, 5.41) is 9.57. The summed E-state index contributed by atoms with van der Waals surface area (Å²) < 4.78 is 0.